The molecule has 7 heteroatoms. The quantitative estimate of drug-likeness (QED) is 0.824. The molecule has 0 saturated carbocycles. The summed E-state index contributed by atoms with van der Waals surface area (Å²) in [6.07, 6.45) is 9.47. The summed E-state index contributed by atoms with van der Waals surface area (Å²) in [5.41, 5.74) is 0.445. The van der Waals surface area contributed by atoms with Crippen LogP contribution < -0.4 is 9.50 Å². The first-order chi connectivity index (χ1) is 9.70. The molecule has 2 rings (SSSR count). The van der Waals surface area contributed by atoms with Gasteiger partial charge in [0.25, 0.3) is 5.91 Å². The molecule has 6 nitrogen and oxygen atoms in total. The number of rotatable bonds is 5. The number of nitrogens with zero attached hydrogens (tertiary/aromatic N) is 2. The maximum atomic E-state index is 11.7. The lowest BCUT2D eigenvalue weighted by molar-refractivity contribution is 0.0958. The van der Waals surface area contributed by atoms with Crippen LogP contribution in [0.15, 0.2) is 43.0 Å². The molecule has 0 fully saturated rings. The van der Waals surface area contributed by atoms with Crippen LogP contribution in [0.2, 0.25) is 0 Å². The number of hydrogen-bond donors (Lipinski definition) is 1. The van der Waals surface area contributed by atoms with E-state index in [1.807, 2.05) is 0 Å². The van der Waals surface area contributed by atoms with E-state index in [9.17, 15) is 9.00 Å². The highest BCUT2D eigenvalue weighted by Gasteiger charge is 2.07. The van der Waals surface area contributed by atoms with Crippen molar-refractivity contribution in [2.24, 2.45) is 0 Å². The Morgan fingerprint density at radius 3 is 2.80 bits per heavy atom. The van der Waals surface area contributed by atoms with E-state index in [1.54, 1.807) is 24.3 Å². The van der Waals surface area contributed by atoms with Gasteiger partial charge in [0.15, 0.2) is 0 Å². The van der Waals surface area contributed by atoms with Gasteiger partial charge in [-0.3, -0.25) is 4.79 Å². The minimum atomic E-state index is -1.70. The SMILES string of the molecule is C#CCNC(=O)c1ccc(OS(=O)n2ccnc2)cc1. The standard InChI is InChI=1S/C13H11N3O3S/c1-2-7-15-13(17)11-3-5-12(6-4-11)19-20(18)16-9-8-14-10-16/h1,3-6,8-10H,7H2,(H,15,17). The van der Waals surface area contributed by atoms with Crippen molar-refractivity contribution < 1.29 is 13.2 Å². The zero-order valence-electron chi connectivity index (χ0n) is 10.4. The van der Waals surface area contributed by atoms with Crippen molar-refractivity contribution in [3.8, 4) is 18.1 Å². The summed E-state index contributed by atoms with van der Waals surface area (Å²) in [5.74, 6) is 2.42. The molecule has 0 saturated heterocycles. The van der Waals surface area contributed by atoms with Crippen molar-refractivity contribution >= 4 is 17.2 Å². The van der Waals surface area contributed by atoms with Crippen LogP contribution in [-0.2, 0) is 11.3 Å². The molecule has 1 heterocycles. The van der Waals surface area contributed by atoms with Gasteiger partial charge < -0.3 is 9.50 Å². The molecule has 1 atom stereocenters. The molecule has 0 aliphatic rings. The molecule has 2 aromatic rings. The molecule has 1 N–H and O–H groups in total. The van der Waals surface area contributed by atoms with E-state index < -0.39 is 11.3 Å². The molecule has 20 heavy (non-hydrogen) atoms. The van der Waals surface area contributed by atoms with E-state index in [4.69, 9.17) is 10.6 Å². The fourth-order valence-electron chi connectivity index (χ4n) is 1.36. The Bertz CT molecular complexity index is 645. The maximum Gasteiger partial charge on any atom is 0.323 e. The predicted molar refractivity (Wildman–Crippen MR) is 74.0 cm³/mol. The first-order valence-electron chi connectivity index (χ1n) is 5.61. The highest BCUT2D eigenvalue weighted by atomic mass is 32.2. The highest BCUT2D eigenvalue weighted by molar-refractivity contribution is 7.78. The van der Waals surface area contributed by atoms with Crippen LogP contribution in [0.5, 0.6) is 5.75 Å². The molecule has 1 aromatic carbocycles. The zero-order chi connectivity index (χ0) is 14.4. The van der Waals surface area contributed by atoms with E-state index in [2.05, 4.69) is 16.2 Å². The van der Waals surface area contributed by atoms with Gasteiger partial charge >= 0.3 is 11.3 Å². The number of carbonyl (C=O) groups excluding carboxylic acids is 1. The maximum absolute atomic E-state index is 11.7. The van der Waals surface area contributed by atoms with Gasteiger partial charge in [-0.2, -0.15) is 4.21 Å². The summed E-state index contributed by atoms with van der Waals surface area (Å²) in [6, 6.07) is 6.23. The fraction of sp³-hybridized carbons (Fsp3) is 0.0769. The van der Waals surface area contributed by atoms with Gasteiger partial charge in [-0.15, -0.1) is 6.42 Å². The number of carbonyl (C=O) groups is 1. The highest BCUT2D eigenvalue weighted by Crippen LogP contribution is 2.13. The average Bonchev–Trinajstić information content (AvgIpc) is 3.00. The van der Waals surface area contributed by atoms with Crippen molar-refractivity contribution in [1.29, 1.82) is 0 Å². The fourth-order valence-corrected chi connectivity index (χ4v) is 2.00. The molecule has 1 aromatic heterocycles. The van der Waals surface area contributed by atoms with E-state index in [1.165, 1.54) is 22.7 Å². The number of terminal acetylenes is 1. The molecule has 0 aliphatic carbocycles. The Hall–Kier alpha value is -2.59. The third-order valence-electron chi connectivity index (χ3n) is 2.29. The van der Waals surface area contributed by atoms with E-state index in [-0.39, 0.29) is 12.5 Å². The zero-order valence-corrected chi connectivity index (χ0v) is 11.2. The van der Waals surface area contributed by atoms with Gasteiger partial charge in [-0.1, -0.05) is 5.92 Å². The van der Waals surface area contributed by atoms with Gasteiger partial charge in [-0.25, -0.2) is 8.96 Å². The van der Waals surface area contributed by atoms with Crippen LogP contribution in [0.3, 0.4) is 0 Å². The van der Waals surface area contributed by atoms with Crippen LogP contribution in [0.4, 0.5) is 0 Å². The van der Waals surface area contributed by atoms with Crippen LogP contribution in [-0.4, -0.2) is 25.6 Å². The largest absolute Gasteiger partial charge is 0.385 e. The molecule has 1 unspecified atom stereocenters. The summed E-state index contributed by atoms with van der Waals surface area (Å²) in [4.78, 5) is 15.4. The van der Waals surface area contributed by atoms with Gasteiger partial charge in [0.05, 0.1) is 6.54 Å². The lowest BCUT2D eigenvalue weighted by Crippen LogP contribution is -2.23. The second-order valence-corrected chi connectivity index (χ2v) is 4.66. The number of hydrogen-bond acceptors (Lipinski definition) is 4. The van der Waals surface area contributed by atoms with Crippen LogP contribution in [0.25, 0.3) is 0 Å². The van der Waals surface area contributed by atoms with Crippen LogP contribution in [0.1, 0.15) is 10.4 Å². The monoisotopic (exact) mass is 289 g/mol. The summed E-state index contributed by atoms with van der Waals surface area (Å²) in [6.45, 7) is 0.168. The third kappa shape index (κ3) is 3.46. The van der Waals surface area contributed by atoms with Crippen molar-refractivity contribution in [1.82, 2.24) is 14.3 Å². The summed E-state index contributed by atoms with van der Waals surface area (Å²) in [5, 5.41) is 2.54. The van der Waals surface area contributed by atoms with Gasteiger partial charge in [-0.05, 0) is 24.3 Å². The normalized spacial score (nSPS) is 11.3. The first kappa shape index (κ1) is 13.8. The van der Waals surface area contributed by atoms with Gasteiger partial charge in [0, 0.05) is 18.0 Å². The molecular weight excluding hydrogens is 278 g/mol. The molecule has 0 bridgehead atoms. The van der Waals surface area contributed by atoms with E-state index in [0.29, 0.717) is 11.3 Å². The van der Waals surface area contributed by atoms with Crippen molar-refractivity contribution in [3.05, 3.63) is 48.5 Å². The summed E-state index contributed by atoms with van der Waals surface area (Å²) < 4.78 is 18.3. The number of nitrogens with one attached hydrogen (secondary N) is 1. The van der Waals surface area contributed by atoms with E-state index in [0.717, 1.165) is 0 Å². The topological polar surface area (TPSA) is 73.2 Å². The first-order valence-corrected chi connectivity index (χ1v) is 6.64. The van der Waals surface area contributed by atoms with Crippen molar-refractivity contribution in [3.63, 3.8) is 0 Å². The Balaban J connectivity index is 2.00. The van der Waals surface area contributed by atoms with Crippen molar-refractivity contribution in [2.45, 2.75) is 0 Å². The summed E-state index contributed by atoms with van der Waals surface area (Å²) >= 11 is -1.70. The molecular formula is C13H11N3O3S. The number of imidazole rings is 1. The lowest BCUT2D eigenvalue weighted by Gasteiger charge is -2.06. The second-order valence-electron chi connectivity index (χ2n) is 3.63. The Morgan fingerprint density at radius 1 is 1.45 bits per heavy atom. The molecule has 0 aliphatic heterocycles. The second kappa shape index (κ2) is 6.54. The van der Waals surface area contributed by atoms with Crippen LogP contribution >= 0.6 is 0 Å². The molecule has 0 spiro atoms. The molecule has 0 radical (unpaired) electrons. The summed E-state index contributed by atoms with van der Waals surface area (Å²) in [7, 11) is 0. The smallest absolute Gasteiger partial charge is 0.323 e. The lowest BCUT2D eigenvalue weighted by atomic mass is 10.2. The Labute approximate surface area is 118 Å². The Kier molecular flexibility index (Phi) is 4.52. The van der Waals surface area contributed by atoms with E-state index >= 15 is 0 Å². The number of aromatic nitrogens is 2. The predicted octanol–water partition coefficient (Wildman–Crippen LogP) is 0.752. The number of benzene rings is 1. The molecule has 102 valence electrons. The third-order valence-corrected chi connectivity index (χ3v) is 3.18. The minimum Gasteiger partial charge on any atom is -0.385 e. The number of amides is 1. The molecule has 1 amide bonds. The van der Waals surface area contributed by atoms with Crippen LogP contribution in [0, 0.1) is 12.3 Å². The van der Waals surface area contributed by atoms with Gasteiger partial charge in [0.1, 0.15) is 12.1 Å². The van der Waals surface area contributed by atoms with Crippen molar-refractivity contribution in [2.75, 3.05) is 6.54 Å². The van der Waals surface area contributed by atoms with Gasteiger partial charge in [0.2, 0.25) is 0 Å². The Morgan fingerprint density at radius 2 is 2.20 bits per heavy atom. The average molecular weight is 289 g/mol. The minimum absolute atomic E-state index is 0.168.